The van der Waals surface area contributed by atoms with Crippen molar-refractivity contribution in [3.8, 4) is 0 Å². The average molecular weight is 268 g/mol. The first-order valence-electron chi connectivity index (χ1n) is 8.64. The molecule has 0 aliphatic heterocycles. The fourth-order valence-corrected chi connectivity index (χ4v) is 2.34. The molecule has 0 aromatic carbocycles. The molecule has 0 aromatic rings. The van der Waals surface area contributed by atoms with Crippen molar-refractivity contribution in [2.45, 2.75) is 103 Å². The van der Waals surface area contributed by atoms with Crippen molar-refractivity contribution in [1.82, 2.24) is 0 Å². The van der Waals surface area contributed by atoms with Crippen LogP contribution in [0.4, 0.5) is 0 Å². The van der Waals surface area contributed by atoms with E-state index >= 15 is 0 Å². The van der Waals surface area contributed by atoms with Gasteiger partial charge in [-0.15, -0.1) is 0 Å². The fraction of sp³-hybridized carbons (Fsp3) is 0.889. The summed E-state index contributed by atoms with van der Waals surface area (Å²) < 4.78 is 0. The van der Waals surface area contributed by atoms with Crippen LogP contribution < -0.4 is 0 Å². The summed E-state index contributed by atoms with van der Waals surface area (Å²) in [6.45, 7) is 4.48. The molecule has 0 aromatic heterocycles. The Morgan fingerprint density at radius 1 is 0.737 bits per heavy atom. The third-order valence-corrected chi connectivity index (χ3v) is 3.69. The van der Waals surface area contributed by atoms with Crippen molar-refractivity contribution < 1.29 is 5.11 Å². The minimum Gasteiger partial charge on any atom is -0.393 e. The second kappa shape index (κ2) is 15.8. The molecule has 0 saturated heterocycles. The van der Waals surface area contributed by atoms with Crippen LogP contribution in [-0.2, 0) is 0 Å². The zero-order chi connectivity index (χ0) is 14.2. The molecule has 0 aliphatic carbocycles. The van der Waals surface area contributed by atoms with E-state index in [1.54, 1.807) is 0 Å². The molecule has 19 heavy (non-hydrogen) atoms. The van der Waals surface area contributed by atoms with E-state index < -0.39 is 0 Å². The van der Waals surface area contributed by atoms with Gasteiger partial charge in [0.25, 0.3) is 0 Å². The Morgan fingerprint density at radius 3 is 2.00 bits per heavy atom. The monoisotopic (exact) mass is 268 g/mol. The smallest absolute Gasteiger partial charge is 0.0574 e. The predicted molar refractivity (Wildman–Crippen MR) is 86.5 cm³/mol. The fourth-order valence-electron chi connectivity index (χ4n) is 2.34. The van der Waals surface area contributed by atoms with Gasteiger partial charge >= 0.3 is 0 Å². The van der Waals surface area contributed by atoms with Crippen LogP contribution in [0.3, 0.4) is 0 Å². The SMILES string of the molecule is CCCCCCCC/C=C\CC(O)CCCCCC. The highest BCUT2D eigenvalue weighted by Gasteiger charge is 2.00. The van der Waals surface area contributed by atoms with Crippen molar-refractivity contribution in [2.75, 3.05) is 0 Å². The van der Waals surface area contributed by atoms with Crippen LogP contribution in [0.1, 0.15) is 97.3 Å². The van der Waals surface area contributed by atoms with Crippen LogP contribution >= 0.6 is 0 Å². The van der Waals surface area contributed by atoms with E-state index in [0.717, 1.165) is 12.8 Å². The molecule has 1 heteroatoms. The largest absolute Gasteiger partial charge is 0.393 e. The molecule has 0 saturated carbocycles. The van der Waals surface area contributed by atoms with Gasteiger partial charge < -0.3 is 5.11 Å². The van der Waals surface area contributed by atoms with Crippen LogP contribution in [0, 0.1) is 0 Å². The second-order valence-corrected chi connectivity index (χ2v) is 5.77. The van der Waals surface area contributed by atoms with Crippen molar-refractivity contribution in [1.29, 1.82) is 0 Å². The molecule has 0 heterocycles. The quantitative estimate of drug-likeness (QED) is 0.302. The third kappa shape index (κ3) is 15.6. The molecule has 1 atom stereocenters. The van der Waals surface area contributed by atoms with Gasteiger partial charge in [-0.2, -0.15) is 0 Å². The molecule has 1 nitrogen and oxygen atoms in total. The summed E-state index contributed by atoms with van der Waals surface area (Å²) in [6.07, 6.45) is 20.6. The van der Waals surface area contributed by atoms with Gasteiger partial charge in [-0.25, -0.2) is 0 Å². The van der Waals surface area contributed by atoms with E-state index in [-0.39, 0.29) is 6.10 Å². The minimum atomic E-state index is -0.113. The lowest BCUT2D eigenvalue weighted by molar-refractivity contribution is 0.163. The van der Waals surface area contributed by atoms with Gasteiger partial charge in [-0.3, -0.25) is 0 Å². The molecule has 0 fully saturated rings. The summed E-state index contributed by atoms with van der Waals surface area (Å²) in [5, 5.41) is 9.80. The number of unbranched alkanes of at least 4 members (excludes halogenated alkanes) is 9. The number of hydrogen-bond acceptors (Lipinski definition) is 1. The maximum Gasteiger partial charge on any atom is 0.0574 e. The molecular weight excluding hydrogens is 232 g/mol. The molecule has 0 amide bonds. The average Bonchev–Trinajstić information content (AvgIpc) is 2.42. The van der Waals surface area contributed by atoms with Gasteiger partial charge in [0, 0.05) is 0 Å². The highest BCUT2D eigenvalue weighted by atomic mass is 16.3. The molecule has 114 valence electrons. The van der Waals surface area contributed by atoms with Crippen LogP contribution in [0.5, 0.6) is 0 Å². The number of rotatable bonds is 14. The number of aliphatic hydroxyl groups is 1. The Balaban J connectivity index is 3.22. The van der Waals surface area contributed by atoms with Crippen LogP contribution in [-0.4, -0.2) is 11.2 Å². The van der Waals surface area contributed by atoms with Crippen LogP contribution in [0.15, 0.2) is 12.2 Å². The molecule has 0 rings (SSSR count). The molecule has 1 unspecified atom stereocenters. The molecule has 0 bridgehead atoms. The Hall–Kier alpha value is -0.300. The zero-order valence-electron chi connectivity index (χ0n) is 13.4. The predicted octanol–water partition coefficient (Wildman–Crippen LogP) is 6.01. The first-order valence-corrected chi connectivity index (χ1v) is 8.64. The van der Waals surface area contributed by atoms with E-state index in [1.807, 2.05) is 0 Å². The topological polar surface area (TPSA) is 20.2 Å². The lowest BCUT2D eigenvalue weighted by atomic mass is 10.1. The van der Waals surface area contributed by atoms with E-state index in [1.165, 1.54) is 70.6 Å². The van der Waals surface area contributed by atoms with Gasteiger partial charge in [0.15, 0.2) is 0 Å². The highest BCUT2D eigenvalue weighted by Crippen LogP contribution is 2.10. The number of hydrogen-bond donors (Lipinski definition) is 1. The van der Waals surface area contributed by atoms with E-state index in [9.17, 15) is 5.11 Å². The molecule has 0 radical (unpaired) electrons. The Bertz CT molecular complexity index is 186. The van der Waals surface area contributed by atoms with Crippen molar-refractivity contribution in [3.63, 3.8) is 0 Å². The van der Waals surface area contributed by atoms with Gasteiger partial charge in [0.2, 0.25) is 0 Å². The van der Waals surface area contributed by atoms with Crippen LogP contribution in [0.2, 0.25) is 0 Å². The highest BCUT2D eigenvalue weighted by molar-refractivity contribution is 4.83. The first kappa shape index (κ1) is 18.7. The maximum atomic E-state index is 9.80. The van der Waals surface area contributed by atoms with Gasteiger partial charge in [0.05, 0.1) is 6.10 Å². The van der Waals surface area contributed by atoms with E-state index in [0.29, 0.717) is 0 Å². The third-order valence-electron chi connectivity index (χ3n) is 3.69. The van der Waals surface area contributed by atoms with Crippen molar-refractivity contribution >= 4 is 0 Å². The molecule has 0 spiro atoms. The van der Waals surface area contributed by atoms with Gasteiger partial charge in [-0.05, 0) is 25.7 Å². The summed E-state index contributed by atoms with van der Waals surface area (Å²) >= 11 is 0. The molecular formula is C18H36O. The lowest BCUT2D eigenvalue weighted by Crippen LogP contribution is -2.04. The van der Waals surface area contributed by atoms with Crippen molar-refractivity contribution in [2.24, 2.45) is 0 Å². The number of allylic oxidation sites excluding steroid dienone is 1. The Labute approximate surface area is 121 Å². The Kier molecular flexibility index (Phi) is 15.5. The van der Waals surface area contributed by atoms with Crippen LogP contribution in [0.25, 0.3) is 0 Å². The van der Waals surface area contributed by atoms with E-state index in [2.05, 4.69) is 26.0 Å². The molecule has 1 N–H and O–H groups in total. The first-order chi connectivity index (χ1) is 9.31. The van der Waals surface area contributed by atoms with E-state index in [4.69, 9.17) is 0 Å². The summed E-state index contributed by atoms with van der Waals surface area (Å²) in [7, 11) is 0. The summed E-state index contributed by atoms with van der Waals surface area (Å²) in [4.78, 5) is 0. The normalized spacial score (nSPS) is 13.2. The Morgan fingerprint density at radius 2 is 1.32 bits per heavy atom. The van der Waals surface area contributed by atoms with Gasteiger partial charge in [0.1, 0.15) is 0 Å². The summed E-state index contributed by atoms with van der Waals surface area (Å²) in [6, 6.07) is 0. The second-order valence-electron chi connectivity index (χ2n) is 5.77. The van der Waals surface area contributed by atoms with Crippen molar-refractivity contribution in [3.05, 3.63) is 12.2 Å². The standard InChI is InChI=1S/C18H36O/c1-3-5-7-9-10-11-12-13-15-17-18(19)16-14-8-6-4-2/h13,15,18-19H,3-12,14,16-17H2,1-2H3/b15-13-. The minimum absolute atomic E-state index is 0.113. The maximum absolute atomic E-state index is 9.80. The summed E-state index contributed by atoms with van der Waals surface area (Å²) in [5.41, 5.74) is 0. The summed E-state index contributed by atoms with van der Waals surface area (Å²) in [5.74, 6) is 0. The number of aliphatic hydroxyl groups excluding tert-OH is 1. The molecule has 0 aliphatic rings. The zero-order valence-corrected chi connectivity index (χ0v) is 13.4. The lowest BCUT2D eigenvalue weighted by Gasteiger charge is -2.07. The van der Waals surface area contributed by atoms with Gasteiger partial charge in [-0.1, -0.05) is 83.8 Å².